The van der Waals surface area contributed by atoms with E-state index >= 15 is 0 Å². The number of aromatic amines is 1. The van der Waals surface area contributed by atoms with Gasteiger partial charge in [0.2, 0.25) is 0 Å². The molecule has 0 spiro atoms. The molecule has 3 rings (SSSR count). The highest BCUT2D eigenvalue weighted by molar-refractivity contribution is 6.34. The maximum atomic E-state index is 12.5. The Hall–Kier alpha value is -2.86. The molecule has 2 aromatic carbocycles. The van der Waals surface area contributed by atoms with E-state index in [4.69, 9.17) is 16.7 Å². The van der Waals surface area contributed by atoms with Gasteiger partial charge in [-0.15, -0.1) is 0 Å². The van der Waals surface area contributed by atoms with Gasteiger partial charge in [-0.05, 0) is 29.8 Å². The fraction of sp³-hybridized carbons (Fsp3) is 0.0625. The second-order valence-electron chi connectivity index (χ2n) is 4.99. The zero-order valence-corrected chi connectivity index (χ0v) is 12.5. The molecule has 23 heavy (non-hydrogen) atoms. The van der Waals surface area contributed by atoms with Crippen LogP contribution in [0, 0.1) is 0 Å². The van der Waals surface area contributed by atoms with Crippen molar-refractivity contribution >= 4 is 28.5 Å². The Bertz CT molecular complexity index is 1040. The van der Waals surface area contributed by atoms with E-state index in [9.17, 15) is 14.4 Å². The number of nitrogens with one attached hydrogen (secondary N) is 1. The van der Waals surface area contributed by atoms with Crippen molar-refractivity contribution < 1.29 is 9.90 Å². The van der Waals surface area contributed by atoms with E-state index in [1.165, 1.54) is 12.1 Å². The average molecular weight is 331 g/mol. The molecule has 0 saturated carbocycles. The summed E-state index contributed by atoms with van der Waals surface area (Å²) in [6.07, 6.45) is 0. The van der Waals surface area contributed by atoms with Gasteiger partial charge in [0, 0.05) is 0 Å². The second kappa shape index (κ2) is 5.73. The SMILES string of the molecule is O=C(O)c1cccc(Cn2c(=O)[nH]c3c(Cl)cccc3c2=O)c1. The normalized spacial score (nSPS) is 10.8. The molecule has 0 saturated heterocycles. The first-order valence-electron chi connectivity index (χ1n) is 6.71. The lowest BCUT2D eigenvalue weighted by Gasteiger charge is -2.08. The number of carboxylic acid groups (broad SMARTS) is 1. The summed E-state index contributed by atoms with van der Waals surface area (Å²) in [6.45, 7) is -0.0300. The number of para-hydroxylation sites is 1. The molecule has 0 aliphatic rings. The van der Waals surface area contributed by atoms with Crippen molar-refractivity contribution in [1.29, 1.82) is 0 Å². The minimum Gasteiger partial charge on any atom is -0.478 e. The van der Waals surface area contributed by atoms with Crippen LogP contribution in [-0.2, 0) is 6.54 Å². The number of rotatable bonds is 3. The van der Waals surface area contributed by atoms with Crippen LogP contribution in [0.4, 0.5) is 0 Å². The summed E-state index contributed by atoms with van der Waals surface area (Å²) in [5, 5.41) is 9.59. The molecule has 1 aromatic heterocycles. The van der Waals surface area contributed by atoms with Crippen LogP contribution in [-0.4, -0.2) is 20.6 Å². The third-order valence-electron chi connectivity index (χ3n) is 3.48. The fourth-order valence-electron chi connectivity index (χ4n) is 2.37. The maximum absolute atomic E-state index is 12.5. The van der Waals surface area contributed by atoms with Crippen LogP contribution in [0.5, 0.6) is 0 Å². The monoisotopic (exact) mass is 330 g/mol. The van der Waals surface area contributed by atoms with Crippen LogP contribution >= 0.6 is 11.6 Å². The lowest BCUT2D eigenvalue weighted by atomic mass is 10.1. The summed E-state index contributed by atoms with van der Waals surface area (Å²) in [5.74, 6) is -1.07. The summed E-state index contributed by atoms with van der Waals surface area (Å²) >= 11 is 5.99. The Balaban J connectivity index is 2.14. The van der Waals surface area contributed by atoms with Gasteiger partial charge < -0.3 is 10.1 Å². The summed E-state index contributed by atoms with van der Waals surface area (Å²) in [5.41, 5.74) is -0.155. The van der Waals surface area contributed by atoms with Gasteiger partial charge >= 0.3 is 11.7 Å². The van der Waals surface area contributed by atoms with Crippen LogP contribution in [0.25, 0.3) is 10.9 Å². The number of benzene rings is 2. The highest BCUT2D eigenvalue weighted by Gasteiger charge is 2.11. The van der Waals surface area contributed by atoms with Crippen LogP contribution in [0.1, 0.15) is 15.9 Å². The predicted molar refractivity (Wildman–Crippen MR) is 86.3 cm³/mol. The van der Waals surface area contributed by atoms with Gasteiger partial charge in [0.05, 0.1) is 28.0 Å². The standard InChI is InChI=1S/C16H11ClN2O4/c17-12-6-2-5-11-13(12)18-16(23)19(14(11)20)8-9-3-1-4-10(7-9)15(21)22/h1-7H,8H2,(H,18,23)(H,21,22). The predicted octanol–water partition coefficient (Wildman–Crippen LogP) is 2.09. The van der Waals surface area contributed by atoms with E-state index in [1.807, 2.05) is 0 Å². The van der Waals surface area contributed by atoms with Crippen molar-refractivity contribution in [2.75, 3.05) is 0 Å². The van der Waals surface area contributed by atoms with E-state index in [1.54, 1.807) is 30.3 Å². The van der Waals surface area contributed by atoms with E-state index in [-0.39, 0.29) is 17.1 Å². The number of hydrogen-bond donors (Lipinski definition) is 2. The lowest BCUT2D eigenvalue weighted by molar-refractivity contribution is 0.0696. The van der Waals surface area contributed by atoms with E-state index < -0.39 is 17.2 Å². The molecule has 0 bridgehead atoms. The molecule has 0 unspecified atom stereocenters. The summed E-state index contributed by atoms with van der Waals surface area (Å²) in [7, 11) is 0. The van der Waals surface area contributed by atoms with Crippen LogP contribution in [0.15, 0.2) is 52.1 Å². The Morgan fingerprint density at radius 1 is 1.17 bits per heavy atom. The van der Waals surface area contributed by atoms with Crippen molar-refractivity contribution in [3.05, 3.63) is 79.5 Å². The quantitative estimate of drug-likeness (QED) is 0.769. The molecule has 0 aliphatic carbocycles. The molecule has 3 aromatic rings. The third kappa shape index (κ3) is 2.76. The van der Waals surface area contributed by atoms with Crippen LogP contribution in [0.3, 0.4) is 0 Å². The minimum atomic E-state index is -1.07. The highest BCUT2D eigenvalue weighted by atomic mass is 35.5. The first kappa shape index (κ1) is 15.1. The number of H-pyrrole nitrogens is 1. The topological polar surface area (TPSA) is 92.2 Å². The largest absolute Gasteiger partial charge is 0.478 e. The molecule has 7 heteroatoms. The van der Waals surface area contributed by atoms with Crippen molar-refractivity contribution in [2.24, 2.45) is 0 Å². The smallest absolute Gasteiger partial charge is 0.335 e. The number of aromatic carboxylic acids is 1. The van der Waals surface area contributed by atoms with Crippen molar-refractivity contribution in [3.63, 3.8) is 0 Å². The molecule has 0 radical (unpaired) electrons. The number of fused-ring (bicyclic) bond motifs is 1. The minimum absolute atomic E-state index is 0.0300. The molecule has 0 atom stereocenters. The Labute approximate surface area is 134 Å². The number of carbonyl (C=O) groups is 1. The van der Waals surface area contributed by atoms with E-state index in [2.05, 4.69) is 4.98 Å². The van der Waals surface area contributed by atoms with Gasteiger partial charge in [0.25, 0.3) is 5.56 Å². The van der Waals surface area contributed by atoms with Crippen molar-refractivity contribution in [3.8, 4) is 0 Å². The summed E-state index contributed by atoms with van der Waals surface area (Å²) < 4.78 is 1.01. The first-order chi connectivity index (χ1) is 11.0. The average Bonchev–Trinajstić information content (AvgIpc) is 2.53. The van der Waals surface area contributed by atoms with Crippen molar-refractivity contribution in [2.45, 2.75) is 6.54 Å². The summed E-state index contributed by atoms with van der Waals surface area (Å²) in [4.78, 5) is 38.2. The van der Waals surface area contributed by atoms with Gasteiger partial charge in [-0.3, -0.25) is 9.36 Å². The van der Waals surface area contributed by atoms with Gasteiger partial charge in [-0.1, -0.05) is 29.8 Å². The maximum Gasteiger partial charge on any atom is 0.335 e. The Morgan fingerprint density at radius 3 is 2.65 bits per heavy atom. The van der Waals surface area contributed by atoms with Crippen LogP contribution < -0.4 is 11.2 Å². The molecule has 1 heterocycles. The third-order valence-corrected chi connectivity index (χ3v) is 3.80. The molecule has 2 N–H and O–H groups in total. The van der Waals surface area contributed by atoms with Crippen molar-refractivity contribution in [1.82, 2.24) is 9.55 Å². The Morgan fingerprint density at radius 2 is 1.91 bits per heavy atom. The summed E-state index contributed by atoms with van der Waals surface area (Å²) in [6, 6.07) is 10.9. The second-order valence-corrected chi connectivity index (χ2v) is 5.40. The first-order valence-corrected chi connectivity index (χ1v) is 7.09. The number of hydrogen-bond acceptors (Lipinski definition) is 3. The molecule has 116 valence electrons. The number of aromatic nitrogens is 2. The zero-order chi connectivity index (χ0) is 16.6. The molecule has 0 amide bonds. The van der Waals surface area contributed by atoms with Gasteiger partial charge in [0.15, 0.2) is 0 Å². The molecule has 6 nitrogen and oxygen atoms in total. The molecular weight excluding hydrogens is 320 g/mol. The van der Waals surface area contributed by atoms with Gasteiger partial charge in [-0.2, -0.15) is 0 Å². The molecule has 0 aliphatic heterocycles. The fourth-order valence-corrected chi connectivity index (χ4v) is 2.59. The zero-order valence-electron chi connectivity index (χ0n) is 11.7. The number of nitrogens with zero attached hydrogens (tertiary/aromatic N) is 1. The highest BCUT2D eigenvalue weighted by Crippen LogP contribution is 2.17. The Kier molecular flexibility index (Phi) is 3.75. The lowest BCUT2D eigenvalue weighted by Crippen LogP contribution is -2.35. The molecule has 0 fully saturated rings. The van der Waals surface area contributed by atoms with Gasteiger partial charge in [-0.25, -0.2) is 9.59 Å². The van der Waals surface area contributed by atoms with Gasteiger partial charge in [0.1, 0.15) is 0 Å². The number of halogens is 1. The molecular formula is C16H11ClN2O4. The van der Waals surface area contributed by atoms with E-state index in [0.717, 1.165) is 4.57 Å². The van der Waals surface area contributed by atoms with E-state index in [0.29, 0.717) is 16.5 Å². The van der Waals surface area contributed by atoms with Crippen LogP contribution in [0.2, 0.25) is 5.02 Å². The number of carboxylic acids is 1.